The number of carbonyl (C=O) groups is 2. The molecule has 1 aromatic heterocycles. The molecule has 0 aliphatic carbocycles. The molecule has 2 heterocycles. The van der Waals surface area contributed by atoms with Crippen molar-refractivity contribution in [2.75, 3.05) is 14.2 Å². The summed E-state index contributed by atoms with van der Waals surface area (Å²) in [5.74, 6) is -1.11. The molecule has 3 aromatic rings. The van der Waals surface area contributed by atoms with Crippen LogP contribution in [0.5, 0.6) is 11.5 Å². The van der Waals surface area contributed by atoms with Crippen LogP contribution in [0.3, 0.4) is 0 Å². The normalized spacial score (nSPS) is 17.1. The Morgan fingerprint density at radius 2 is 1.85 bits per heavy atom. The molecular weight excluding hydrogens is 444 g/mol. The van der Waals surface area contributed by atoms with E-state index < -0.39 is 28.4 Å². The van der Waals surface area contributed by atoms with Gasteiger partial charge in [0.15, 0.2) is 11.5 Å². The number of ketones is 1. The minimum atomic E-state index is -1.09. The van der Waals surface area contributed by atoms with Gasteiger partial charge in [0, 0.05) is 17.7 Å². The molecule has 1 aliphatic heterocycles. The van der Waals surface area contributed by atoms with E-state index in [-0.39, 0.29) is 23.4 Å². The van der Waals surface area contributed by atoms with Gasteiger partial charge in [-0.15, -0.1) is 0 Å². The molecule has 1 fully saturated rings. The number of amides is 1. The molecule has 1 aliphatic rings. The second-order valence-electron chi connectivity index (χ2n) is 7.43. The number of rotatable bonds is 7. The number of nitro groups is 1. The SMILES string of the molecule is COc1ccc(/C(O)=C2\C(=O)C(=O)N(Cc3ccco3)C2c2cccc([N+](=O)[O-])c2)cc1OC. The summed E-state index contributed by atoms with van der Waals surface area (Å²) in [4.78, 5) is 38.1. The maximum absolute atomic E-state index is 13.1. The van der Waals surface area contributed by atoms with Crippen LogP contribution in [0.2, 0.25) is 0 Å². The van der Waals surface area contributed by atoms with E-state index in [9.17, 15) is 24.8 Å². The summed E-state index contributed by atoms with van der Waals surface area (Å²) >= 11 is 0. The summed E-state index contributed by atoms with van der Waals surface area (Å²) in [6.45, 7) is -0.0757. The predicted octanol–water partition coefficient (Wildman–Crippen LogP) is 3.83. The summed E-state index contributed by atoms with van der Waals surface area (Å²) in [6, 6.07) is 12.3. The van der Waals surface area contributed by atoms with E-state index in [0.29, 0.717) is 22.8 Å². The second kappa shape index (κ2) is 9.10. The van der Waals surface area contributed by atoms with Gasteiger partial charge in [0.2, 0.25) is 0 Å². The largest absolute Gasteiger partial charge is 0.507 e. The Hall–Kier alpha value is -4.60. The zero-order chi connectivity index (χ0) is 24.4. The lowest BCUT2D eigenvalue weighted by molar-refractivity contribution is -0.384. The monoisotopic (exact) mass is 464 g/mol. The highest BCUT2D eigenvalue weighted by Gasteiger charge is 2.46. The number of nitro benzene ring substituents is 1. The molecule has 10 nitrogen and oxygen atoms in total. The molecule has 1 N–H and O–H groups in total. The van der Waals surface area contributed by atoms with Crippen LogP contribution in [-0.2, 0) is 16.1 Å². The van der Waals surface area contributed by atoms with Crippen LogP contribution in [0, 0.1) is 10.1 Å². The van der Waals surface area contributed by atoms with E-state index in [1.807, 2.05) is 0 Å². The van der Waals surface area contributed by atoms with Crippen molar-refractivity contribution in [3.63, 3.8) is 0 Å². The van der Waals surface area contributed by atoms with Crippen molar-refractivity contribution >= 4 is 23.1 Å². The van der Waals surface area contributed by atoms with Gasteiger partial charge < -0.3 is 23.9 Å². The number of benzene rings is 2. The third-order valence-electron chi connectivity index (χ3n) is 5.50. The third-order valence-corrected chi connectivity index (χ3v) is 5.50. The maximum Gasteiger partial charge on any atom is 0.296 e. The predicted molar refractivity (Wildman–Crippen MR) is 119 cm³/mol. The average Bonchev–Trinajstić information content (AvgIpc) is 3.45. The van der Waals surface area contributed by atoms with E-state index in [4.69, 9.17) is 13.9 Å². The van der Waals surface area contributed by atoms with Crippen molar-refractivity contribution in [1.82, 2.24) is 4.90 Å². The van der Waals surface area contributed by atoms with Gasteiger partial charge in [-0.25, -0.2) is 0 Å². The lowest BCUT2D eigenvalue weighted by atomic mass is 9.95. The smallest absolute Gasteiger partial charge is 0.296 e. The lowest BCUT2D eigenvalue weighted by Crippen LogP contribution is -2.29. The molecule has 0 bridgehead atoms. The van der Waals surface area contributed by atoms with Gasteiger partial charge in [0.1, 0.15) is 11.5 Å². The third kappa shape index (κ3) is 3.96. The molecule has 0 radical (unpaired) electrons. The fourth-order valence-electron chi connectivity index (χ4n) is 3.91. The molecule has 0 spiro atoms. The zero-order valence-corrected chi connectivity index (χ0v) is 18.3. The van der Waals surface area contributed by atoms with Crippen LogP contribution in [0.15, 0.2) is 70.9 Å². The van der Waals surface area contributed by atoms with Crippen molar-refractivity contribution in [2.24, 2.45) is 0 Å². The Balaban J connectivity index is 1.90. The number of nitrogens with zero attached hydrogens (tertiary/aromatic N) is 2. The Labute approximate surface area is 193 Å². The number of hydrogen-bond donors (Lipinski definition) is 1. The van der Waals surface area contributed by atoms with Crippen LogP contribution in [0.4, 0.5) is 5.69 Å². The molecule has 2 aromatic carbocycles. The van der Waals surface area contributed by atoms with Crippen LogP contribution in [-0.4, -0.2) is 40.8 Å². The number of Topliss-reactive ketones (excluding diaryl/α,β-unsaturated/α-hetero) is 1. The average molecular weight is 464 g/mol. The summed E-state index contributed by atoms with van der Waals surface area (Å²) in [5.41, 5.74) is 0.0857. The fourth-order valence-corrected chi connectivity index (χ4v) is 3.91. The van der Waals surface area contributed by atoms with Gasteiger partial charge in [0.25, 0.3) is 17.4 Å². The first kappa shape index (κ1) is 22.6. The standard InChI is InChI=1S/C24H20N2O8/c1-32-18-9-8-15(12-19(18)33-2)22(27)20-21(14-5-3-6-16(11-14)26(30)31)25(24(29)23(20)28)13-17-7-4-10-34-17/h3-12,21,27H,13H2,1-2H3/b22-20+. The minimum absolute atomic E-state index is 0.0757. The summed E-state index contributed by atoms with van der Waals surface area (Å²) in [7, 11) is 2.88. The molecule has 174 valence electrons. The van der Waals surface area contributed by atoms with Gasteiger partial charge in [0.05, 0.1) is 43.6 Å². The zero-order valence-electron chi connectivity index (χ0n) is 18.3. The van der Waals surface area contributed by atoms with Gasteiger partial charge >= 0.3 is 0 Å². The molecule has 0 saturated carbocycles. The summed E-state index contributed by atoms with van der Waals surface area (Å²) < 4.78 is 15.8. The molecule has 1 saturated heterocycles. The van der Waals surface area contributed by atoms with Crippen molar-refractivity contribution in [1.29, 1.82) is 0 Å². The van der Waals surface area contributed by atoms with Gasteiger partial charge in [-0.3, -0.25) is 19.7 Å². The van der Waals surface area contributed by atoms with E-state index in [0.717, 1.165) is 0 Å². The molecule has 1 unspecified atom stereocenters. The topological polar surface area (TPSA) is 132 Å². The quantitative estimate of drug-likeness (QED) is 0.183. The molecule has 1 amide bonds. The van der Waals surface area contributed by atoms with Crippen molar-refractivity contribution < 1.29 is 33.5 Å². The second-order valence-corrected chi connectivity index (χ2v) is 7.43. The van der Waals surface area contributed by atoms with Crippen LogP contribution in [0.25, 0.3) is 5.76 Å². The number of aliphatic hydroxyl groups excluding tert-OH is 1. The number of non-ortho nitro benzene ring substituents is 1. The molecule has 4 rings (SSSR count). The number of methoxy groups -OCH3 is 2. The van der Waals surface area contributed by atoms with E-state index in [2.05, 4.69) is 0 Å². The number of ether oxygens (including phenoxy) is 2. The van der Waals surface area contributed by atoms with E-state index in [1.54, 1.807) is 24.3 Å². The van der Waals surface area contributed by atoms with Crippen LogP contribution >= 0.6 is 0 Å². The van der Waals surface area contributed by atoms with E-state index in [1.165, 1.54) is 55.7 Å². The first-order valence-corrected chi connectivity index (χ1v) is 10.1. The first-order valence-electron chi connectivity index (χ1n) is 10.1. The first-order chi connectivity index (χ1) is 16.3. The minimum Gasteiger partial charge on any atom is -0.507 e. The Bertz CT molecular complexity index is 1300. The van der Waals surface area contributed by atoms with Crippen molar-refractivity contribution in [3.05, 3.63) is 93.4 Å². The van der Waals surface area contributed by atoms with Crippen LogP contribution < -0.4 is 9.47 Å². The number of hydrogen-bond acceptors (Lipinski definition) is 8. The molecule has 1 atom stereocenters. The van der Waals surface area contributed by atoms with Gasteiger partial charge in [-0.05, 0) is 35.9 Å². The lowest BCUT2D eigenvalue weighted by Gasteiger charge is -2.24. The maximum atomic E-state index is 13.1. The van der Waals surface area contributed by atoms with Crippen molar-refractivity contribution in [2.45, 2.75) is 12.6 Å². The number of aliphatic hydroxyl groups is 1. The Kier molecular flexibility index (Phi) is 6.05. The number of likely N-dealkylation sites (tertiary alicyclic amines) is 1. The summed E-state index contributed by atoms with van der Waals surface area (Å²) in [5, 5.41) is 22.5. The van der Waals surface area contributed by atoms with E-state index >= 15 is 0 Å². The highest BCUT2D eigenvalue weighted by molar-refractivity contribution is 6.46. The van der Waals surface area contributed by atoms with Crippen LogP contribution in [0.1, 0.15) is 22.9 Å². The Morgan fingerprint density at radius 3 is 2.50 bits per heavy atom. The van der Waals surface area contributed by atoms with Gasteiger partial charge in [-0.2, -0.15) is 0 Å². The highest BCUT2D eigenvalue weighted by atomic mass is 16.6. The number of furan rings is 1. The van der Waals surface area contributed by atoms with Gasteiger partial charge in [-0.1, -0.05) is 12.1 Å². The molecule has 10 heteroatoms. The van der Waals surface area contributed by atoms with Crippen molar-refractivity contribution in [3.8, 4) is 11.5 Å². The Morgan fingerprint density at radius 1 is 1.09 bits per heavy atom. The summed E-state index contributed by atoms with van der Waals surface area (Å²) in [6.07, 6.45) is 1.43. The molecule has 34 heavy (non-hydrogen) atoms. The molecular formula is C24H20N2O8. The fraction of sp³-hybridized carbons (Fsp3) is 0.167. The highest BCUT2D eigenvalue weighted by Crippen LogP contribution is 2.42. The number of carbonyl (C=O) groups excluding carboxylic acids is 2.